The van der Waals surface area contributed by atoms with E-state index in [0.29, 0.717) is 5.56 Å². The predicted octanol–water partition coefficient (Wildman–Crippen LogP) is 1.66. The van der Waals surface area contributed by atoms with Crippen LogP contribution in [0.2, 0.25) is 0 Å². The maximum absolute atomic E-state index is 11.3. The summed E-state index contributed by atoms with van der Waals surface area (Å²) < 4.78 is 0. The van der Waals surface area contributed by atoms with Crippen LogP contribution in [0.25, 0.3) is 0 Å². The van der Waals surface area contributed by atoms with Crippen molar-refractivity contribution in [1.82, 2.24) is 0 Å². The van der Waals surface area contributed by atoms with Crippen molar-refractivity contribution in [1.29, 1.82) is 0 Å². The topological polar surface area (TPSA) is 49.4 Å². The second-order valence-corrected chi connectivity index (χ2v) is 3.87. The molecule has 0 radical (unpaired) electrons. The Kier molecular flexibility index (Phi) is 3.15. The van der Waals surface area contributed by atoms with Gasteiger partial charge in [0, 0.05) is 0 Å². The third-order valence-electron chi connectivity index (χ3n) is 3.28. The van der Waals surface area contributed by atoms with Crippen molar-refractivity contribution in [2.45, 2.75) is 34.6 Å². The van der Waals surface area contributed by atoms with Crippen molar-refractivity contribution in [3.63, 3.8) is 0 Å². The minimum atomic E-state index is -0.795. The highest BCUT2D eigenvalue weighted by Gasteiger charge is 2.17. The Morgan fingerprint density at radius 2 is 1.20 bits per heavy atom. The zero-order chi connectivity index (χ0) is 11.7. The molecule has 0 bridgehead atoms. The SMILES string of the molecule is Cc1c(C)c(C)c(C(=O)O[O-])c(C)c1C. The Bertz CT molecular complexity index is 390. The van der Waals surface area contributed by atoms with Gasteiger partial charge in [-0.25, -0.2) is 4.79 Å². The van der Waals surface area contributed by atoms with Crippen molar-refractivity contribution in [3.8, 4) is 0 Å². The summed E-state index contributed by atoms with van der Waals surface area (Å²) in [4.78, 5) is 14.9. The zero-order valence-electron chi connectivity index (χ0n) is 9.72. The smallest absolute Gasteiger partial charge is 0.332 e. The predicted molar refractivity (Wildman–Crippen MR) is 55.5 cm³/mol. The highest BCUT2D eigenvalue weighted by Crippen LogP contribution is 2.26. The van der Waals surface area contributed by atoms with Crippen LogP contribution in [0.3, 0.4) is 0 Å². The lowest BCUT2D eigenvalue weighted by molar-refractivity contribution is -0.653. The molecule has 0 saturated carbocycles. The Labute approximate surface area is 89.6 Å². The fourth-order valence-corrected chi connectivity index (χ4v) is 1.85. The number of carbonyl (C=O) groups is 1. The molecule has 1 rings (SSSR count). The quantitative estimate of drug-likeness (QED) is 0.519. The third kappa shape index (κ3) is 1.75. The molecule has 15 heavy (non-hydrogen) atoms. The lowest BCUT2D eigenvalue weighted by atomic mass is 9.90. The van der Waals surface area contributed by atoms with Crippen LogP contribution in [0, 0.1) is 34.6 Å². The van der Waals surface area contributed by atoms with Gasteiger partial charge in [0.2, 0.25) is 0 Å². The van der Waals surface area contributed by atoms with Gasteiger partial charge in [-0.05, 0) is 62.4 Å². The first-order chi connectivity index (χ1) is 6.91. The van der Waals surface area contributed by atoms with Gasteiger partial charge in [-0.3, -0.25) is 0 Å². The molecule has 0 aliphatic carbocycles. The van der Waals surface area contributed by atoms with Crippen molar-refractivity contribution in [2.24, 2.45) is 0 Å². The summed E-state index contributed by atoms with van der Waals surface area (Å²) in [6, 6.07) is 0. The maximum Gasteiger partial charge on any atom is 0.332 e. The molecule has 82 valence electrons. The molecule has 0 N–H and O–H groups in total. The summed E-state index contributed by atoms with van der Waals surface area (Å²) in [5.41, 5.74) is 5.31. The second kappa shape index (κ2) is 4.03. The third-order valence-corrected chi connectivity index (χ3v) is 3.28. The second-order valence-electron chi connectivity index (χ2n) is 3.87. The molecule has 0 heterocycles. The fourth-order valence-electron chi connectivity index (χ4n) is 1.85. The Morgan fingerprint density at radius 1 is 0.867 bits per heavy atom. The van der Waals surface area contributed by atoms with Gasteiger partial charge in [0.05, 0.1) is 5.56 Å². The maximum atomic E-state index is 11.3. The summed E-state index contributed by atoms with van der Waals surface area (Å²) in [5.74, 6) is -0.795. The van der Waals surface area contributed by atoms with Crippen LogP contribution in [0.15, 0.2) is 0 Å². The molecule has 0 fully saturated rings. The van der Waals surface area contributed by atoms with Gasteiger partial charge in [0.15, 0.2) is 0 Å². The number of benzene rings is 1. The minimum absolute atomic E-state index is 0.408. The lowest BCUT2D eigenvalue weighted by Crippen LogP contribution is -2.18. The largest absolute Gasteiger partial charge is 0.661 e. The average Bonchev–Trinajstić information content (AvgIpc) is 2.23. The molecule has 0 aromatic heterocycles. The summed E-state index contributed by atoms with van der Waals surface area (Å²) in [5, 5.41) is 10.2. The van der Waals surface area contributed by atoms with Crippen LogP contribution in [0.5, 0.6) is 0 Å². The van der Waals surface area contributed by atoms with Gasteiger partial charge in [0.25, 0.3) is 0 Å². The van der Waals surface area contributed by atoms with E-state index in [1.807, 2.05) is 34.6 Å². The highest BCUT2D eigenvalue weighted by molar-refractivity contribution is 5.93. The summed E-state index contributed by atoms with van der Waals surface area (Å²) >= 11 is 0. The van der Waals surface area contributed by atoms with E-state index < -0.39 is 5.97 Å². The number of rotatable bonds is 1. The van der Waals surface area contributed by atoms with E-state index in [1.54, 1.807) is 0 Å². The first-order valence-corrected chi connectivity index (χ1v) is 4.82. The van der Waals surface area contributed by atoms with Gasteiger partial charge in [-0.15, -0.1) is 0 Å². The Hall–Kier alpha value is -1.35. The Morgan fingerprint density at radius 3 is 1.53 bits per heavy atom. The van der Waals surface area contributed by atoms with E-state index in [9.17, 15) is 10.1 Å². The van der Waals surface area contributed by atoms with Gasteiger partial charge < -0.3 is 10.1 Å². The standard InChI is InChI=1S/C12H16O3/c1-6-7(2)9(4)11(12(13)15-14)10(5)8(6)3/h14H,1-5H3/p-1. The van der Waals surface area contributed by atoms with Crippen molar-refractivity contribution in [2.75, 3.05) is 0 Å². The van der Waals surface area contributed by atoms with Crippen LogP contribution < -0.4 is 5.26 Å². The molecule has 1 aromatic rings. The van der Waals surface area contributed by atoms with Crippen molar-refractivity contribution in [3.05, 3.63) is 33.4 Å². The molecule has 3 heteroatoms. The summed E-state index contributed by atoms with van der Waals surface area (Å²) in [7, 11) is 0. The van der Waals surface area contributed by atoms with Gasteiger partial charge in [0.1, 0.15) is 0 Å². The van der Waals surface area contributed by atoms with Gasteiger partial charge in [-0.1, -0.05) is 0 Å². The van der Waals surface area contributed by atoms with E-state index in [1.165, 1.54) is 0 Å². The highest BCUT2D eigenvalue weighted by atomic mass is 17.1. The molecule has 0 saturated heterocycles. The molecule has 0 aliphatic heterocycles. The zero-order valence-corrected chi connectivity index (χ0v) is 9.72. The average molecular weight is 207 g/mol. The van der Waals surface area contributed by atoms with E-state index in [0.717, 1.165) is 27.8 Å². The van der Waals surface area contributed by atoms with E-state index in [-0.39, 0.29) is 0 Å². The number of hydrogen-bond donors (Lipinski definition) is 0. The number of hydrogen-bond acceptors (Lipinski definition) is 3. The van der Waals surface area contributed by atoms with Crippen LogP contribution in [0.4, 0.5) is 0 Å². The molecule has 0 amide bonds. The molecular formula is C12H15O3-. The normalized spacial score (nSPS) is 10.3. The van der Waals surface area contributed by atoms with Crippen LogP contribution in [0.1, 0.15) is 38.2 Å². The first-order valence-electron chi connectivity index (χ1n) is 4.82. The minimum Gasteiger partial charge on any atom is -0.661 e. The lowest BCUT2D eigenvalue weighted by Gasteiger charge is -2.18. The van der Waals surface area contributed by atoms with Crippen LogP contribution >= 0.6 is 0 Å². The van der Waals surface area contributed by atoms with Gasteiger partial charge >= 0.3 is 5.97 Å². The molecule has 0 unspecified atom stereocenters. The summed E-state index contributed by atoms with van der Waals surface area (Å²) in [6.07, 6.45) is 0. The van der Waals surface area contributed by atoms with E-state index >= 15 is 0 Å². The first kappa shape index (κ1) is 11.7. The molecule has 0 spiro atoms. The van der Waals surface area contributed by atoms with Crippen molar-refractivity contribution >= 4 is 5.97 Å². The van der Waals surface area contributed by atoms with Crippen LogP contribution in [-0.2, 0) is 4.89 Å². The molecular weight excluding hydrogens is 192 g/mol. The van der Waals surface area contributed by atoms with Crippen molar-refractivity contribution < 1.29 is 14.9 Å². The molecule has 0 aliphatic rings. The monoisotopic (exact) mass is 207 g/mol. The van der Waals surface area contributed by atoms with Crippen LogP contribution in [-0.4, -0.2) is 5.97 Å². The van der Waals surface area contributed by atoms with E-state index in [4.69, 9.17) is 0 Å². The van der Waals surface area contributed by atoms with Gasteiger partial charge in [-0.2, -0.15) is 0 Å². The molecule has 1 aromatic carbocycles. The fraction of sp³-hybridized carbons (Fsp3) is 0.417. The Balaban J connectivity index is 3.60. The number of carbonyl (C=O) groups excluding carboxylic acids is 1. The molecule has 3 nitrogen and oxygen atoms in total. The molecule has 0 atom stereocenters. The van der Waals surface area contributed by atoms with E-state index in [2.05, 4.69) is 4.89 Å². The summed E-state index contributed by atoms with van der Waals surface area (Å²) in [6.45, 7) is 9.57.